The second-order valence-electron chi connectivity index (χ2n) is 2.17. The summed E-state index contributed by atoms with van der Waals surface area (Å²) in [7, 11) is 0. The van der Waals surface area contributed by atoms with Gasteiger partial charge >= 0.3 is 12.1 Å². The van der Waals surface area contributed by atoms with Crippen molar-refractivity contribution in [1.29, 1.82) is 5.41 Å². The van der Waals surface area contributed by atoms with Crippen LogP contribution in [0.2, 0.25) is 0 Å². The fourth-order valence-corrected chi connectivity index (χ4v) is 0.595. The molecule has 3 N–H and O–H groups in total. The van der Waals surface area contributed by atoms with Crippen LogP contribution in [0.25, 0.3) is 0 Å². The summed E-state index contributed by atoms with van der Waals surface area (Å²) in [5.74, 6) is -3.19. The monoisotopic (exact) mass is 209 g/mol. The van der Waals surface area contributed by atoms with E-state index in [0.717, 1.165) is 0 Å². The second-order valence-corrected chi connectivity index (χ2v) is 2.17. The van der Waals surface area contributed by atoms with Crippen LogP contribution in [0.3, 0.4) is 0 Å². The Morgan fingerprint density at radius 2 is 2.14 bits per heavy atom. The molecule has 0 fully saturated rings. The number of nitrogens with one attached hydrogen (secondary N) is 1. The van der Waals surface area contributed by atoms with Gasteiger partial charge in [0.15, 0.2) is 0 Å². The zero-order valence-corrected chi connectivity index (χ0v) is 7.25. The molecule has 0 amide bonds. The molecule has 0 spiro atoms. The normalized spacial score (nSPS) is 13.1. The van der Waals surface area contributed by atoms with E-state index in [2.05, 4.69) is 4.74 Å². The van der Waals surface area contributed by atoms with Crippen molar-refractivity contribution in [3.63, 3.8) is 0 Å². The van der Waals surface area contributed by atoms with Crippen LogP contribution in [0.15, 0.2) is 11.3 Å². The summed E-state index contributed by atoms with van der Waals surface area (Å²) >= 11 is 0. The number of aliphatic hydroxyl groups excluding tert-OH is 1. The van der Waals surface area contributed by atoms with E-state index in [1.807, 2.05) is 0 Å². The summed E-state index contributed by atoms with van der Waals surface area (Å²) in [5.41, 5.74) is -1.08. The molecule has 0 aromatic carbocycles. The van der Waals surface area contributed by atoms with Gasteiger partial charge in [0.05, 0.1) is 6.61 Å². The summed E-state index contributed by atoms with van der Waals surface area (Å²) in [6, 6.07) is 0. The van der Waals surface area contributed by atoms with Gasteiger partial charge in [0.2, 0.25) is 5.76 Å². The Balaban J connectivity index is 5.04. The predicted octanol–water partition coefficient (Wildman–Crippen LogP) is 0.596. The van der Waals surface area contributed by atoms with Gasteiger partial charge in [-0.2, -0.15) is 8.78 Å². The molecule has 0 bridgehead atoms. The molecule has 0 aromatic rings. The van der Waals surface area contributed by atoms with Gasteiger partial charge in [-0.3, -0.25) is 0 Å². The van der Waals surface area contributed by atoms with E-state index < -0.39 is 23.4 Å². The SMILES string of the molecule is CCOC(=O)C(C=N)=C(O)C(O)(F)F. The third-order valence-corrected chi connectivity index (χ3v) is 1.18. The van der Waals surface area contributed by atoms with E-state index in [0.29, 0.717) is 0 Å². The molecule has 0 aromatic heterocycles. The maximum atomic E-state index is 12.1. The quantitative estimate of drug-likeness (QED) is 0.273. The van der Waals surface area contributed by atoms with Gasteiger partial charge in [-0.15, -0.1) is 0 Å². The van der Waals surface area contributed by atoms with Gasteiger partial charge < -0.3 is 20.4 Å². The van der Waals surface area contributed by atoms with Crippen LogP contribution >= 0.6 is 0 Å². The summed E-state index contributed by atoms with van der Waals surface area (Å²) < 4.78 is 28.4. The van der Waals surface area contributed by atoms with Gasteiger partial charge in [-0.25, -0.2) is 4.79 Å². The van der Waals surface area contributed by atoms with Crippen molar-refractivity contribution < 1.29 is 28.5 Å². The smallest absolute Gasteiger partial charge is 0.413 e. The standard InChI is InChI=1S/C7H9F2NO4/c1-2-14-6(12)4(3-10)5(11)7(8,9)13/h3,10-11,13H,2H2,1H3. The number of carbonyl (C=O) groups excluding carboxylic acids is 1. The Morgan fingerprint density at radius 3 is 2.43 bits per heavy atom. The van der Waals surface area contributed by atoms with E-state index in [-0.39, 0.29) is 12.8 Å². The number of alkyl halides is 2. The van der Waals surface area contributed by atoms with Crippen molar-refractivity contribution in [3.05, 3.63) is 11.3 Å². The summed E-state index contributed by atoms with van der Waals surface area (Å²) in [6.07, 6.45) is -4.38. The Bertz CT molecular complexity index is 269. The maximum Gasteiger partial charge on any atom is 0.413 e. The van der Waals surface area contributed by atoms with Crippen LogP contribution in [-0.2, 0) is 9.53 Å². The van der Waals surface area contributed by atoms with Crippen molar-refractivity contribution in [3.8, 4) is 0 Å². The third-order valence-electron chi connectivity index (χ3n) is 1.18. The van der Waals surface area contributed by atoms with Gasteiger partial charge in [0.1, 0.15) is 5.57 Å². The first kappa shape index (κ1) is 12.5. The molecule has 0 saturated carbocycles. The molecule has 0 rings (SSSR count). The molecule has 80 valence electrons. The minimum absolute atomic E-state index is 0.0968. The van der Waals surface area contributed by atoms with E-state index in [1.165, 1.54) is 6.92 Å². The van der Waals surface area contributed by atoms with Crippen molar-refractivity contribution in [2.24, 2.45) is 0 Å². The van der Waals surface area contributed by atoms with Crippen LogP contribution in [0.1, 0.15) is 6.92 Å². The number of ether oxygens (including phenoxy) is 1. The summed E-state index contributed by atoms with van der Waals surface area (Å²) in [6.45, 7) is 1.33. The van der Waals surface area contributed by atoms with Crippen molar-refractivity contribution in [2.75, 3.05) is 6.61 Å². The Labute approximate surface area is 78.1 Å². The predicted molar refractivity (Wildman–Crippen MR) is 42.2 cm³/mol. The minimum atomic E-state index is -4.56. The molecule has 0 aliphatic heterocycles. The average molecular weight is 209 g/mol. The fourth-order valence-electron chi connectivity index (χ4n) is 0.595. The summed E-state index contributed by atoms with van der Waals surface area (Å²) in [5, 5.41) is 23.3. The van der Waals surface area contributed by atoms with Crippen molar-refractivity contribution in [2.45, 2.75) is 13.0 Å². The molecule has 0 aliphatic carbocycles. The first-order valence-corrected chi connectivity index (χ1v) is 3.56. The largest absolute Gasteiger partial charge is 0.504 e. The highest BCUT2D eigenvalue weighted by Crippen LogP contribution is 2.20. The fraction of sp³-hybridized carbons (Fsp3) is 0.429. The lowest BCUT2D eigenvalue weighted by Gasteiger charge is -2.10. The van der Waals surface area contributed by atoms with Crippen LogP contribution in [0.5, 0.6) is 0 Å². The zero-order valence-electron chi connectivity index (χ0n) is 7.25. The third kappa shape index (κ3) is 3.09. The molecule has 0 unspecified atom stereocenters. The topological polar surface area (TPSA) is 90.6 Å². The van der Waals surface area contributed by atoms with Crippen LogP contribution in [-0.4, -0.2) is 35.1 Å². The number of hydrogen-bond donors (Lipinski definition) is 3. The van der Waals surface area contributed by atoms with Gasteiger partial charge in [-0.05, 0) is 6.92 Å². The van der Waals surface area contributed by atoms with Crippen LogP contribution in [0.4, 0.5) is 8.78 Å². The van der Waals surface area contributed by atoms with Crippen molar-refractivity contribution >= 4 is 12.2 Å². The highest BCUT2D eigenvalue weighted by molar-refractivity contribution is 6.09. The maximum absolute atomic E-state index is 12.1. The van der Waals surface area contributed by atoms with E-state index in [9.17, 15) is 13.6 Å². The second kappa shape index (κ2) is 4.66. The summed E-state index contributed by atoms with van der Waals surface area (Å²) in [4.78, 5) is 10.8. The highest BCUT2D eigenvalue weighted by atomic mass is 19.3. The number of carbonyl (C=O) groups is 1. The van der Waals surface area contributed by atoms with Crippen LogP contribution < -0.4 is 0 Å². The molecule has 7 heteroatoms. The molecule has 0 saturated heterocycles. The Hall–Kier alpha value is -1.50. The van der Waals surface area contributed by atoms with Crippen LogP contribution in [0, 0.1) is 5.41 Å². The molecule has 5 nitrogen and oxygen atoms in total. The molecular formula is C7H9F2NO4. The number of esters is 1. The number of rotatable bonds is 4. The van der Waals surface area contributed by atoms with Gasteiger partial charge in [-0.1, -0.05) is 0 Å². The lowest BCUT2D eigenvalue weighted by Crippen LogP contribution is -2.23. The molecule has 0 radical (unpaired) electrons. The molecule has 0 aliphatic rings. The molecule has 14 heavy (non-hydrogen) atoms. The first-order chi connectivity index (χ1) is 6.34. The lowest BCUT2D eigenvalue weighted by atomic mass is 10.2. The number of halogens is 2. The lowest BCUT2D eigenvalue weighted by molar-refractivity contribution is -0.189. The van der Waals surface area contributed by atoms with Gasteiger partial charge in [0, 0.05) is 6.21 Å². The Morgan fingerprint density at radius 1 is 1.64 bits per heavy atom. The van der Waals surface area contributed by atoms with E-state index in [1.54, 1.807) is 0 Å². The first-order valence-electron chi connectivity index (χ1n) is 3.56. The van der Waals surface area contributed by atoms with Crippen molar-refractivity contribution in [1.82, 2.24) is 0 Å². The Kier molecular flexibility index (Phi) is 4.16. The number of hydrogen-bond acceptors (Lipinski definition) is 5. The molecule has 0 heterocycles. The van der Waals surface area contributed by atoms with Gasteiger partial charge in [0.25, 0.3) is 0 Å². The van der Waals surface area contributed by atoms with E-state index in [4.69, 9.17) is 15.6 Å². The number of aliphatic hydroxyl groups is 2. The average Bonchev–Trinajstić information content (AvgIpc) is 2.04. The molecule has 0 atom stereocenters. The zero-order chi connectivity index (χ0) is 11.4. The minimum Gasteiger partial charge on any atom is -0.504 e. The highest BCUT2D eigenvalue weighted by Gasteiger charge is 2.35. The van der Waals surface area contributed by atoms with E-state index >= 15 is 0 Å². The molecular weight excluding hydrogens is 200 g/mol.